The van der Waals surface area contributed by atoms with Crippen LogP contribution in [-0.4, -0.2) is 17.6 Å². The molecule has 0 aliphatic rings. The molecule has 0 spiro atoms. The molecule has 0 unspecified atom stereocenters. The molecule has 0 saturated carbocycles. The molecular weight excluding hydrogens is 388 g/mol. The Balaban J connectivity index is 1.55. The zero-order valence-electron chi connectivity index (χ0n) is 15.5. The number of carbonyl (C=O) groups is 3. The van der Waals surface area contributed by atoms with Gasteiger partial charge in [-0.15, -0.1) is 0 Å². The summed E-state index contributed by atoms with van der Waals surface area (Å²) in [6.07, 6.45) is 0.187. The fourth-order valence-corrected chi connectivity index (χ4v) is 2.92. The molecular formula is C23H19ClN2O3. The van der Waals surface area contributed by atoms with Crippen LogP contribution >= 0.6 is 11.6 Å². The van der Waals surface area contributed by atoms with Crippen molar-refractivity contribution < 1.29 is 14.4 Å². The van der Waals surface area contributed by atoms with Crippen LogP contribution in [0.1, 0.15) is 33.6 Å². The van der Waals surface area contributed by atoms with Gasteiger partial charge in [-0.25, -0.2) is 0 Å². The molecule has 3 aromatic carbocycles. The van der Waals surface area contributed by atoms with Crippen LogP contribution in [-0.2, 0) is 4.79 Å². The van der Waals surface area contributed by atoms with Crippen molar-refractivity contribution in [3.05, 3.63) is 95.0 Å². The number of Topliss-reactive ketones (excluding diaryl/α,β-unsaturated/α-hetero) is 1. The predicted molar refractivity (Wildman–Crippen MR) is 114 cm³/mol. The summed E-state index contributed by atoms with van der Waals surface area (Å²) in [6.45, 7) is 0. The quantitative estimate of drug-likeness (QED) is 0.530. The van der Waals surface area contributed by atoms with Gasteiger partial charge < -0.3 is 10.6 Å². The van der Waals surface area contributed by atoms with Gasteiger partial charge in [-0.2, -0.15) is 0 Å². The summed E-state index contributed by atoms with van der Waals surface area (Å²) in [5.74, 6) is -0.645. The summed E-state index contributed by atoms with van der Waals surface area (Å²) < 4.78 is 0. The lowest BCUT2D eigenvalue weighted by atomic mass is 10.1. The van der Waals surface area contributed by atoms with Crippen molar-refractivity contribution in [1.82, 2.24) is 0 Å². The fraction of sp³-hybridized carbons (Fsp3) is 0.0870. The monoisotopic (exact) mass is 406 g/mol. The number of carbonyl (C=O) groups excluding carboxylic acids is 3. The van der Waals surface area contributed by atoms with E-state index in [0.717, 1.165) is 0 Å². The van der Waals surface area contributed by atoms with Crippen LogP contribution in [0.5, 0.6) is 0 Å². The van der Waals surface area contributed by atoms with Gasteiger partial charge in [0.25, 0.3) is 5.91 Å². The molecule has 3 aromatic rings. The Kier molecular flexibility index (Phi) is 6.76. The first kappa shape index (κ1) is 20.3. The van der Waals surface area contributed by atoms with Crippen LogP contribution in [0.2, 0.25) is 5.02 Å². The Hall–Kier alpha value is -3.44. The third kappa shape index (κ3) is 5.77. The number of ketones is 1. The summed E-state index contributed by atoms with van der Waals surface area (Å²) in [4.78, 5) is 36.4. The lowest BCUT2D eigenvalue weighted by Gasteiger charge is -2.10. The van der Waals surface area contributed by atoms with E-state index in [-0.39, 0.29) is 30.4 Å². The van der Waals surface area contributed by atoms with E-state index < -0.39 is 0 Å². The number of anilines is 2. The van der Waals surface area contributed by atoms with Gasteiger partial charge in [-0.3, -0.25) is 14.4 Å². The van der Waals surface area contributed by atoms with E-state index >= 15 is 0 Å². The smallest absolute Gasteiger partial charge is 0.255 e. The summed E-state index contributed by atoms with van der Waals surface area (Å²) in [5.41, 5.74) is 2.04. The van der Waals surface area contributed by atoms with Crippen molar-refractivity contribution in [2.75, 3.05) is 10.6 Å². The van der Waals surface area contributed by atoms with Gasteiger partial charge in [0.1, 0.15) is 0 Å². The van der Waals surface area contributed by atoms with Crippen molar-refractivity contribution in [3.8, 4) is 0 Å². The van der Waals surface area contributed by atoms with Crippen LogP contribution in [0.15, 0.2) is 78.9 Å². The first-order valence-electron chi connectivity index (χ1n) is 9.07. The second kappa shape index (κ2) is 9.66. The van der Waals surface area contributed by atoms with E-state index in [9.17, 15) is 14.4 Å². The Morgan fingerprint density at radius 3 is 1.97 bits per heavy atom. The molecule has 0 aliphatic heterocycles. The maximum Gasteiger partial charge on any atom is 0.255 e. The standard InChI is InChI=1S/C23H19ClN2O3/c24-19-15-18(11-12-20(19)26-23(29)17-9-5-2-6-10-17)25-22(28)14-13-21(27)16-7-3-1-4-8-16/h1-12,15H,13-14H2,(H,25,28)(H,26,29). The Morgan fingerprint density at radius 1 is 0.724 bits per heavy atom. The minimum Gasteiger partial charge on any atom is -0.326 e. The average molecular weight is 407 g/mol. The van der Waals surface area contributed by atoms with Crippen LogP contribution in [0, 0.1) is 0 Å². The van der Waals surface area contributed by atoms with E-state index in [1.54, 1.807) is 66.7 Å². The van der Waals surface area contributed by atoms with Gasteiger partial charge in [-0.05, 0) is 30.3 Å². The van der Waals surface area contributed by atoms with Crippen LogP contribution in [0.25, 0.3) is 0 Å². The molecule has 29 heavy (non-hydrogen) atoms. The molecule has 2 amide bonds. The van der Waals surface area contributed by atoms with Crippen LogP contribution in [0.3, 0.4) is 0 Å². The predicted octanol–water partition coefficient (Wildman–Crippen LogP) is 5.19. The molecule has 0 aromatic heterocycles. The number of amides is 2. The zero-order chi connectivity index (χ0) is 20.6. The maximum atomic E-state index is 12.2. The first-order chi connectivity index (χ1) is 14.0. The first-order valence-corrected chi connectivity index (χ1v) is 9.45. The second-order valence-electron chi connectivity index (χ2n) is 6.35. The number of hydrogen-bond acceptors (Lipinski definition) is 3. The van der Waals surface area contributed by atoms with E-state index in [2.05, 4.69) is 10.6 Å². The van der Waals surface area contributed by atoms with Crippen molar-refractivity contribution in [3.63, 3.8) is 0 Å². The average Bonchev–Trinajstić information content (AvgIpc) is 2.75. The number of rotatable bonds is 7. The van der Waals surface area contributed by atoms with Crippen molar-refractivity contribution in [2.45, 2.75) is 12.8 Å². The molecule has 6 heteroatoms. The summed E-state index contributed by atoms with van der Waals surface area (Å²) >= 11 is 6.23. The molecule has 146 valence electrons. The fourth-order valence-electron chi connectivity index (χ4n) is 2.70. The highest BCUT2D eigenvalue weighted by atomic mass is 35.5. The molecule has 5 nitrogen and oxygen atoms in total. The van der Waals surface area contributed by atoms with E-state index in [1.165, 1.54) is 0 Å². The lowest BCUT2D eigenvalue weighted by molar-refractivity contribution is -0.116. The number of halogens is 1. The summed E-state index contributed by atoms with van der Waals surface area (Å²) in [5, 5.41) is 5.75. The maximum absolute atomic E-state index is 12.2. The summed E-state index contributed by atoms with van der Waals surface area (Å²) in [7, 11) is 0. The minimum atomic E-state index is -0.286. The largest absolute Gasteiger partial charge is 0.326 e. The van der Waals surface area contributed by atoms with E-state index in [4.69, 9.17) is 11.6 Å². The SMILES string of the molecule is O=C(CCC(=O)c1ccccc1)Nc1ccc(NC(=O)c2ccccc2)c(Cl)c1. The van der Waals surface area contributed by atoms with Gasteiger partial charge in [0.05, 0.1) is 10.7 Å². The van der Waals surface area contributed by atoms with Crippen molar-refractivity contribution in [2.24, 2.45) is 0 Å². The molecule has 0 saturated heterocycles. The number of hydrogen-bond donors (Lipinski definition) is 2. The van der Waals surface area contributed by atoms with E-state index in [0.29, 0.717) is 27.5 Å². The molecule has 0 bridgehead atoms. The molecule has 0 fully saturated rings. The van der Waals surface area contributed by atoms with Gasteiger partial charge in [0.2, 0.25) is 5.91 Å². The highest BCUT2D eigenvalue weighted by molar-refractivity contribution is 6.34. The number of benzene rings is 3. The molecule has 3 rings (SSSR count). The van der Waals surface area contributed by atoms with Gasteiger partial charge >= 0.3 is 0 Å². The molecule has 0 atom stereocenters. The van der Waals surface area contributed by atoms with Crippen molar-refractivity contribution in [1.29, 1.82) is 0 Å². The molecule has 0 aliphatic carbocycles. The van der Waals surface area contributed by atoms with Gasteiger partial charge in [0.15, 0.2) is 5.78 Å². The second-order valence-corrected chi connectivity index (χ2v) is 6.76. The Morgan fingerprint density at radius 2 is 1.34 bits per heavy atom. The third-order valence-corrected chi connectivity index (χ3v) is 4.52. The normalized spacial score (nSPS) is 10.2. The Labute approximate surface area is 173 Å². The molecule has 2 N–H and O–H groups in total. The lowest BCUT2D eigenvalue weighted by Crippen LogP contribution is -2.14. The zero-order valence-corrected chi connectivity index (χ0v) is 16.3. The van der Waals surface area contributed by atoms with Crippen LogP contribution in [0.4, 0.5) is 11.4 Å². The third-order valence-electron chi connectivity index (χ3n) is 4.21. The van der Waals surface area contributed by atoms with E-state index in [1.807, 2.05) is 12.1 Å². The van der Waals surface area contributed by atoms with Gasteiger partial charge in [0, 0.05) is 29.7 Å². The highest BCUT2D eigenvalue weighted by Gasteiger charge is 2.12. The van der Waals surface area contributed by atoms with Crippen LogP contribution < -0.4 is 10.6 Å². The van der Waals surface area contributed by atoms with Gasteiger partial charge in [-0.1, -0.05) is 60.1 Å². The Bertz CT molecular complexity index is 1020. The molecule has 0 heterocycles. The number of nitrogens with one attached hydrogen (secondary N) is 2. The summed E-state index contributed by atoms with van der Waals surface area (Å²) in [6, 6.07) is 22.5. The molecule has 0 radical (unpaired) electrons. The van der Waals surface area contributed by atoms with Crippen molar-refractivity contribution >= 4 is 40.6 Å². The topological polar surface area (TPSA) is 75.3 Å². The minimum absolute atomic E-state index is 0.0673. The highest BCUT2D eigenvalue weighted by Crippen LogP contribution is 2.26.